The third-order valence-electron chi connectivity index (χ3n) is 12.0. The fourth-order valence-electron chi connectivity index (χ4n) is 10.3. The van der Waals surface area contributed by atoms with Gasteiger partial charge in [0.25, 0.3) is 0 Å². The van der Waals surface area contributed by atoms with Gasteiger partial charge in [0, 0.05) is 12.3 Å². The van der Waals surface area contributed by atoms with Crippen LogP contribution in [0.4, 0.5) is 0 Å². The van der Waals surface area contributed by atoms with E-state index in [2.05, 4.69) is 27.7 Å². The third-order valence-corrected chi connectivity index (χ3v) is 12.0. The highest BCUT2D eigenvalue weighted by Gasteiger charge is 2.69. The number of aliphatic hydroxyl groups excluding tert-OH is 2. The molecular weight excluding hydrogens is 388 g/mol. The quantitative estimate of drug-likeness (QED) is 0.579. The highest BCUT2D eigenvalue weighted by Crippen LogP contribution is 2.71. The molecule has 4 saturated carbocycles. The van der Waals surface area contributed by atoms with Crippen molar-refractivity contribution >= 4 is 0 Å². The summed E-state index contributed by atoms with van der Waals surface area (Å²) in [6.45, 7) is 10.5. The van der Waals surface area contributed by atoms with Gasteiger partial charge in [-0.25, -0.2) is 0 Å². The van der Waals surface area contributed by atoms with Crippen molar-refractivity contribution in [3.8, 4) is 0 Å². The van der Waals surface area contributed by atoms with Gasteiger partial charge in [-0.2, -0.15) is 0 Å². The van der Waals surface area contributed by atoms with Crippen LogP contribution in [-0.4, -0.2) is 40.9 Å². The minimum atomic E-state index is -0.351. The molecular formula is C27H44O4. The lowest BCUT2D eigenvalue weighted by molar-refractivity contribution is -0.273. The SMILES string of the molecule is C[C@@H]1CCC2(OC1)O[C@H]1C[C@H]3[C@@H]4CC[C@H]5C[C@@H](O)C[C@@H](O)[C@]5(C)[C@H]4CC[C@]3(C)[C@H]1[C@@H]2C. The maximum absolute atomic E-state index is 11.2. The first-order valence-electron chi connectivity index (χ1n) is 13.4. The lowest BCUT2D eigenvalue weighted by Crippen LogP contribution is -2.59. The van der Waals surface area contributed by atoms with Crippen molar-refractivity contribution in [2.24, 2.45) is 52.3 Å². The molecule has 6 rings (SSSR count). The maximum atomic E-state index is 11.2. The molecule has 4 nitrogen and oxygen atoms in total. The lowest BCUT2D eigenvalue weighted by Gasteiger charge is -2.62. The smallest absolute Gasteiger partial charge is 0.171 e. The van der Waals surface area contributed by atoms with Gasteiger partial charge in [-0.15, -0.1) is 0 Å². The number of aliphatic hydroxyl groups is 2. The van der Waals surface area contributed by atoms with Crippen molar-refractivity contribution in [1.82, 2.24) is 0 Å². The molecule has 4 heteroatoms. The molecule has 0 radical (unpaired) electrons. The van der Waals surface area contributed by atoms with Gasteiger partial charge >= 0.3 is 0 Å². The summed E-state index contributed by atoms with van der Waals surface area (Å²) in [5, 5.41) is 21.5. The van der Waals surface area contributed by atoms with Crippen LogP contribution in [0.1, 0.15) is 85.5 Å². The Morgan fingerprint density at radius 1 is 0.871 bits per heavy atom. The van der Waals surface area contributed by atoms with Crippen LogP contribution in [0.3, 0.4) is 0 Å². The highest BCUT2D eigenvalue weighted by atomic mass is 16.7. The molecule has 6 fully saturated rings. The maximum Gasteiger partial charge on any atom is 0.171 e. The van der Waals surface area contributed by atoms with Crippen LogP contribution in [0.15, 0.2) is 0 Å². The second-order valence-corrected chi connectivity index (χ2v) is 13.2. The molecule has 1 unspecified atom stereocenters. The average Bonchev–Trinajstić information content (AvgIpc) is 3.16. The van der Waals surface area contributed by atoms with Crippen LogP contribution in [0, 0.1) is 52.3 Å². The molecule has 4 aliphatic carbocycles. The van der Waals surface area contributed by atoms with E-state index in [-0.39, 0.29) is 23.4 Å². The molecule has 0 aromatic heterocycles. The Hall–Kier alpha value is -0.160. The topological polar surface area (TPSA) is 58.9 Å². The lowest BCUT2D eigenvalue weighted by atomic mass is 9.43. The van der Waals surface area contributed by atoms with Gasteiger partial charge in [0.2, 0.25) is 0 Å². The zero-order chi connectivity index (χ0) is 21.8. The Balaban J connectivity index is 1.27. The molecule has 13 atom stereocenters. The molecule has 6 aliphatic rings. The Labute approximate surface area is 188 Å². The van der Waals surface area contributed by atoms with Crippen molar-refractivity contribution in [1.29, 1.82) is 0 Å². The normalized spacial score (nSPS) is 63.3. The summed E-state index contributed by atoms with van der Waals surface area (Å²) >= 11 is 0. The molecule has 0 aromatic rings. The van der Waals surface area contributed by atoms with Crippen molar-refractivity contribution in [3.05, 3.63) is 0 Å². The summed E-state index contributed by atoms with van der Waals surface area (Å²) in [7, 11) is 0. The molecule has 2 aliphatic heterocycles. The van der Waals surface area contributed by atoms with Crippen LogP contribution < -0.4 is 0 Å². The van der Waals surface area contributed by atoms with Gasteiger partial charge in [-0.3, -0.25) is 0 Å². The third kappa shape index (κ3) is 2.74. The molecule has 1 spiro atoms. The van der Waals surface area contributed by atoms with Crippen LogP contribution in [0.5, 0.6) is 0 Å². The fourth-order valence-corrected chi connectivity index (χ4v) is 10.3. The van der Waals surface area contributed by atoms with Crippen molar-refractivity contribution in [2.75, 3.05) is 6.61 Å². The van der Waals surface area contributed by atoms with E-state index in [4.69, 9.17) is 9.47 Å². The molecule has 31 heavy (non-hydrogen) atoms. The van der Waals surface area contributed by atoms with Gasteiger partial charge in [0.15, 0.2) is 5.79 Å². The second kappa shape index (κ2) is 6.93. The first kappa shape index (κ1) is 21.4. The Bertz CT molecular complexity index is 716. The Kier molecular flexibility index (Phi) is 4.78. The number of fused-ring (bicyclic) bond motifs is 7. The monoisotopic (exact) mass is 432 g/mol. The van der Waals surface area contributed by atoms with Crippen LogP contribution in [0.2, 0.25) is 0 Å². The fraction of sp³-hybridized carbons (Fsp3) is 1.00. The average molecular weight is 433 g/mol. The Morgan fingerprint density at radius 2 is 1.68 bits per heavy atom. The molecule has 2 saturated heterocycles. The molecule has 2 N–H and O–H groups in total. The number of hydrogen-bond acceptors (Lipinski definition) is 4. The van der Waals surface area contributed by atoms with Crippen molar-refractivity contribution < 1.29 is 19.7 Å². The molecule has 2 heterocycles. The minimum Gasteiger partial charge on any atom is -0.393 e. The van der Waals surface area contributed by atoms with Gasteiger partial charge in [0.05, 0.1) is 24.9 Å². The zero-order valence-electron chi connectivity index (χ0n) is 20.1. The van der Waals surface area contributed by atoms with E-state index < -0.39 is 0 Å². The standard InChI is InChI=1S/C27H44O4/c1-15-7-10-27(30-14-15)16(2)24-22(31-27)13-21-19-6-5-17-11-18(28)12-23(29)26(17,4)20(19)8-9-25(21,24)3/h15-24,28-29H,5-14H2,1-4H3/t15-,16+,17+,18-,19-,20+,21+,22+,23-,24+,25+,26+,27?/m1/s1. The first-order valence-corrected chi connectivity index (χ1v) is 13.4. The Morgan fingerprint density at radius 3 is 2.42 bits per heavy atom. The predicted molar refractivity (Wildman–Crippen MR) is 119 cm³/mol. The summed E-state index contributed by atoms with van der Waals surface area (Å²) in [5.41, 5.74) is 0.320. The van der Waals surface area contributed by atoms with Crippen LogP contribution >= 0.6 is 0 Å². The summed E-state index contributed by atoms with van der Waals surface area (Å²) in [4.78, 5) is 0. The van der Waals surface area contributed by atoms with E-state index >= 15 is 0 Å². The van der Waals surface area contributed by atoms with E-state index in [0.717, 1.165) is 19.4 Å². The van der Waals surface area contributed by atoms with E-state index in [1.807, 2.05) is 0 Å². The molecule has 176 valence electrons. The van der Waals surface area contributed by atoms with Gasteiger partial charge < -0.3 is 19.7 Å². The van der Waals surface area contributed by atoms with E-state index in [1.54, 1.807) is 0 Å². The number of ether oxygens (including phenoxy) is 2. The number of hydrogen-bond donors (Lipinski definition) is 2. The molecule has 0 bridgehead atoms. The summed E-state index contributed by atoms with van der Waals surface area (Å²) in [5.74, 6) is 3.89. The van der Waals surface area contributed by atoms with E-state index in [0.29, 0.717) is 59.4 Å². The van der Waals surface area contributed by atoms with Gasteiger partial charge in [-0.1, -0.05) is 27.7 Å². The second-order valence-electron chi connectivity index (χ2n) is 13.2. The van der Waals surface area contributed by atoms with Gasteiger partial charge in [0.1, 0.15) is 0 Å². The summed E-state index contributed by atoms with van der Waals surface area (Å²) < 4.78 is 13.3. The van der Waals surface area contributed by atoms with Gasteiger partial charge in [-0.05, 0) is 97.7 Å². The van der Waals surface area contributed by atoms with Crippen molar-refractivity contribution in [2.45, 2.75) is 110 Å². The van der Waals surface area contributed by atoms with Crippen molar-refractivity contribution in [3.63, 3.8) is 0 Å². The molecule has 0 aromatic carbocycles. The first-order chi connectivity index (χ1) is 14.7. The minimum absolute atomic E-state index is 0.0164. The van der Waals surface area contributed by atoms with Crippen LogP contribution in [-0.2, 0) is 9.47 Å². The zero-order valence-corrected chi connectivity index (χ0v) is 20.1. The van der Waals surface area contributed by atoms with Crippen LogP contribution in [0.25, 0.3) is 0 Å². The summed E-state index contributed by atoms with van der Waals surface area (Å²) in [6, 6.07) is 0. The summed E-state index contributed by atoms with van der Waals surface area (Å²) in [6.07, 6.45) is 9.56. The van der Waals surface area contributed by atoms with E-state index in [1.165, 1.54) is 38.5 Å². The molecule has 0 amide bonds. The predicted octanol–water partition coefficient (Wildman–Crippen LogP) is 4.76. The van der Waals surface area contributed by atoms with E-state index in [9.17, 15) is 10.2 Å². The number of rotatable bonds is 0. The largest absolute Gasteiger partial charge is 0.393 e. The highest BCUT2D eigenvalue weighted by molar-refractivity contribution is 5.16.